The Morgan fingerprint density at radius 1 is 1.07 bits per heavy atom. The van der Waals surface area contributed by atoms with Crippen LogP contribution < -0.4 is 4.90 Å². The highest BCUT2D eigenvalue weighted by Gasteiger charge is 2.27. The van der Waals surface area contributed by atoms with Gasteiger partial charge in [0.2, 0.25) is 5.89 Å². The Bertz CT molecular complexity index is 997. The smallest absolute Gasteiger partial charge is 0.318 e. The fourth-order valence-electron chi connectivity index (χ4n) is 3.42. The Morgan fingerprint density at radius 3 is 2.38 bits per heavy atom. The van der Waals surface area contributed by atoms with Crippen LogP contribution >= 0.6 is 0 Å². The molecule has 3 aromatic rings. The lowest BCUT2D eigenvalue weighted by molar-refractivity contribution is 0.0738. The Kier molecular flexibility index (Phi) is 5.08. The number of piperazine rings is 1. The van der Waals surface area contributed by atoms with Gasteiger partial charge in [-0.05, 0) is 18.6 Å². The number of aromatic nitrogens is 4. The summed E-state index contributed by atoms with van der Waals surface area (Å²) in [6.07, 6.45) is 0. The van der Waals surface area contributed by atoms with Gasteiger partial charge >= 0.3 is 6.01 Å². The van der Waals surface area contributed by atoms with Crippen molar-refractivity contribution in [2.75, 3.05) is 31.1 Å². The van der Waals surface area contributed by atoms with Gasteiger partial charge < -0.3 is 14.2 Å². The summed E-state index contributed by atoms with van der Waals surface area (Å²) in [6, 6.07) is 10.6. The number of carbonyl (C=O) groups is 1. The van der Waals surface area contributed by atoms with E-state index < -0.39 is 0 Å². The molecule has 1 aliphatic rings. The molecule has 2 aromatic heterocycles. The molecule has 0 unspecified atom stereocenters. The van der Waals surface area contributed by atoms with Crippen LogP contribution in [0.1, 0.15) is 41.7 Å². The van der Waals surface area contributed by atoms with E-state index in [-0.39, 0.29) is 11.8 Å². The molecule has 8 nitrogen and oxygen atoms in total. The quantitative estimate of drug-likeness (QED) is 0.677. The Labute approximate surface area is 170 Å². The van der Waals surface area contributed by atoms with Crippen molar-refractivity contribution in [3.8, 4) is 11.3 Å². The second-order valence-electron chi connectivity index (χ2n) is 7.76. The number of hydrogen-bond acceptors (Lipinski definition) is 6. The molecule has 0 spiro atoms. The standard InChI is InChI=1S/C21H26N6O2/c1-14(2)19-22-23-21(29-19)27-11-9-26(10-12-27)20(28)17-13-18(25(4)24-17)16-7-5-15(3)6-8-16/h5-8,13-14H,9-12H2,1-4H3. The minimum absolute atomic E-state index is 0.0491. The molecular weight excluding hydrogens is 368 g/mol. The first-order valence-electron chi connectivity index (χ1n) is 9.91. The van der Waals surface area contributed by atoms with E-state index in [0.717, 1.165) is 11.3 Å². The minimum Gasteiger partial charge on any atom is -0.408 e. The summed E-state index contributed by atoms with van der Waals surface area (Å²) in [7, 11) is 1.87. The Hall–Kier alpha value is -3.16. The molecule has 29 heavy (non-hydrogen) atoms. The topological polar surface area (TPSA) is 80.3 Å². The molecule has 0 atom stereocenters. The maximum atomic E-state index is 13.0. The van der Waals surface area contributed by atoms with Gasteiger partial charge in [-0.2, -0.15) is 5.10 Å². The first-order chi connectivity index (χ1) is 13.9. The summed E-state index contributed by atoms with van der Waals surface area (Å²) in [5.41, 5.74) is 3.65. The van der Waals surface area contributed by atoms with E-state index in [1.165, 1.54) is 5.56 Å². The van der Waals surface area contributed by atoms with Crippen molar-refractivity contribution in [2.24, 2.45) is 7.05 Å². The summed E-state index contributed by atoms with van der Waals surface area (Å²) in [5, 5.41) is 12.7. The van der Waals surface area contributed by atoms with Crippen LogP contribution in [0.3, 0.4) is 0 Å². The molecule has 3 heterocycles. The maximum absolute atomic E-state index is 13.0. The molecule has 0 saturated carbocycles. The second kappa shape index (κ2) is 7.69. The van der Waals surface area contributed by atoms with Gasteiger partial charge in [-0.15, -0.1) is 5.10 Å². The van der Waals surface area contributed by atoms with Crippen molar-refractivity contribution in [2.45, 2.75) is 26.7 Å². The molecular formula is C21H26N6O2. The van der Waals surface area contributed by atoms with Gasteiger partial charge in [0.1, 0.15) is 0 Å². The number of hydrogen-bond donors (Lipinski definition) is 0. The lowest BCUT2D eigenvalue weighted by Crippen LogP contribution is -2.49. The summed E-state index contributed by atoms with van der Waals surface area (Å²) in [5.74, 6) is 0.786. The van der Waals surface area contributed by atoms with E-state index in [2.05, 4.69) is 46.5 Å². The summed E-state index contributed by atoms with van der Waals surface area (Å²) in [6.45, 7) is 8.59. The van der Waals surface area contributed by atoms with Gasteiger partial charge in [0, 0.05) is 39.1 Å². The zero-order valence-electron chi connectivity index (χ0n) is 17.3. The zero-order chi connectivity index (χ0) is 20.5. The van der Waals surface area contributed by atoms with Gasteiger partial charge in [0.15, 0.2) is 5.69 Å². The number of nitrogens with zero attached hydrogens (tertiary/aromatic N) is 6. The van der Waals surface area contributed by atoms with Crippen LogP contribution in [-0.4, -0.2) is 57.0 Å². The minimum atomic E-state index is -0.0491. The molecule has 0 N–H and O–H groups in total. The predicted octanol–water partition coefficient (Wildman–Crippen LogP) is 2.86. The van der Waals surface area contributed by atoms with E-state index in [4.69, 9.17) is 4.42 Å². The lowest BCUT2D eigenvalue weighted by atomic mass is 10.1. The molecule has 0 radical (unpaired) electrons. The van der Waals surface area contributed by atoms with E-state index in [1.54, 1.807) is 4.68 Å². The van der Waals surface area contributed by atoms with Gasteiger partial charge in [0.05, 0.1) is 5.69 Å². The van der Waals surface area contributed by atoms with Gasteiger partial charge in [-0.3, -0.25) is 9.48 Å². The number of amides is 1. The first kappa shape index (κ1) is 19.2. The fraction of sp³-hybridized carbons (Fsp3) is 0.429. The van der Waals surface area contributed by atoms with Crippen LogP contribution in [0.25, 0.3) is 11.3 Å². The summed E-state index contributed by atoms with van der Waals surface area (Å²) in [4.78, 5) is 16.8. The molecule has 1 fully saturated rings. The molecule has 8 heteroatoms. The molecule has 1 amide bonds. The summed E-state index contributed by atoms with van der Waals surface area (Å²) >= 11 is 0. The van der Waals surface area contributed by atoms with Crippen LogP contribution in [0.2, 0.25) is 0 Å². The Morgan fingerprint density at radius 2 is 1.76 bits per heavy atom. The monoisotopic (exact) mass is 394 g/mol. The second-order valence-corrected chi connectivity index (χ2v) is 7.76. The molecule has 1 aromatic carbocycles. The van der Waals surface area contributed by atoms with Crippen LogP contribution in [0.15, 0.2) is 34.7 Å². The van der Waals surface area contributed by atoms with Crippen molar-refractivity contribution in [3.63, 3.8) is 0 Å². The molecule has 1 saturated heterocycles. The first-order valence-corrected chi connectivity index (χ1v) is 9.91. The lowest BCUT2D eigenvalue weighted by Gasteiger charge is -2.33. The number of carbonyl (C=O) groups excluding carboxylic acids is 1. The third-order valence-corrected chi connectivity index (χ3v) is 5.21. The number of aryl methyl sites for hydroxylation is 2. The van der Waals surface area contributed by atoms with Crippen LogP contribution in [-0.2, 0) is 7.05 Å². The third-order valence-electron chi connectivity index (χ3n) is 5.21. The number of benzene rings is 1. The normalized spacial score (nSPS) is 14.7. The van der Waals surface area contributed by atoms with Crippen LogP contribution in [0.5, 0.6) is 0 Å². The van der Waals surface area contributed by atoms with Crippen molar-refractivity contribution >= 4 is 11.9 Å². The predicted molar refractivity (Wildman–Crippen MR) is 110 cm³/mol. The highest BCUT2D eigenvalue weighted by molar-refractivity contribution is 5.93. The fourth-order valence-corrected chi connectivity index (χ4v) is 3.42. The van der Waals surface area contributed by atoms with Crippen LogP contribution in [0, 0.1) is 6.92 Å². The highest BCUT2D eigenvalue weighted by Crippen LogP contribution is 2.23. The number of rotatable bonds is 4. The Balaban J connectivity index is 1.43. The van der Waals surface area contributed by atoms with Gasteiger partial charge in [0.25, 0.3) is 5.91 Å². The SMILES string of the molecule is Cc1ccc(-c2cc(C(=O)N3CCN(c4nnc(C(C)C)o4)CC3)nn2C)cc1. The molecule has 1 aliphatic heterocycles. The van der Waals surface area contributed by atoms with Crippen LogP contribution in [0.4, 0.5) is 6.01 Å². The van der Waals surface area contributed by atoms with E-state index in [9.17, 15) is 4.79 Å². The average Bonchev–Trinajstić information content (AvgIpc) is 3.36. The van der Waals surface area contributed by atoms with Crippen molar-refractivity contribution in [1.82, 2.24) is 24.9 Å². The van der Waals surface area contributed by atoms with Crippen molar-refractivity contribution in [3.05, 3.63) is 47.5 Å². The third kappa shape index (κ3) is 3.87. The number of anilines is 1. The van der Waals surface area contributed by atoms with E-state index in [1.807, 2.05) is 36.8 Å². The van der Waals surface area contributed by atoms with Gasteiger partial charge in [-0.1, -0.05) is 48.8 Å². The molecule has 4 rings (SSSR count). The average molecular weight is 394 g/mol. The molecule has 152 valence electrons. The largest absolute Gasteiger partial charge is 0.408 e. The van der Waals surface area contributed by atoms with Crippen molar-refractivity contribution in [1.29, 1.82) is 0 Å². The van der Waals surface area contributed by atoms with E-state index in [0.29, 0.717) is 43.8 Å². The molecule has 0 bridgehead atoms. The summed E-state index contributed by atoms with van der Waals surface area (Å²) < 4.78 is 7.49. The van der Waals surface area contributed by atoms with Gasteiger partial charge in [-0.25, -0.2) is 0 Å². The van der Waals surface area contributed by atoms with E-state index >= 15 is 0 Å². The van der Waals surface area contributed by atoms with Crippen molar-refractivity contribution < 1.29 is 9.21 Å². The maximum Gasteiger partial charge on any atom is 0.318 e. The molecule has 0 aliphatic carbocycles. The highest BCUT2D eigenvalue weighted by atomic mass is 16.4. The zero-order valence-corrected chi connectivity index (χ0v) is 17.3.